The van der Waals surface area contributed by atoms with Gasteiger partial charge in [0, 0.05) is 19.7 Å². The second kappa shape index (κ2) is 7.22. The summed E-state index contributed by atoms with van der Waals surface area (Å²) in [5, 5.41) is 8.75. The highest BCUT2D eigenvalue weighted by Gasteiger charge is 2.25. The summed E-state index contributed by atoms with van der Waals surface area (Å²) in [7, 11) is 0. The van der Waals surface area contributed by atoms with Gasteiger partial charge in [-0.2, -0.15) is 5.26 Å². The van der Waals surface area contributed by atoms with E-state index in [1.54, 1.807) is 4.90 Å². The highest BCUT2D eigenvalue weighted by Crippen LogP contribution is 2.08. The summed E-state index contributed by atoms with van der Waals surface area (Å²) in [6.45, 7) is 4.00. The number of nitrogens with two attached hydrogens (primary N) is 1. The first-order chi connectivity index (χ1) is 8.21. The van der Waals surface area contributed by atoms with E-state index in [9.17, 15) is 4.79 Å². The van der Waals surface area contributed by atoms with Crippen LogP contribution in [0.5, 0.6) is 0 Å². The zero-order valence-electron chi connectivity index (χ0n) is 10.1. The monoisotopic (exact) mass is 241 g/mol. The van der Waals surface area contributed by atoms with Gasteiger partial charge in [0.05, 0.1) is 31.7 Å². The van der Waals surface area contributed by atoms with Crippen LogP contribution in [-0.2, 0) is 14.3 Å². The number of nitriles is 1. The molecule has 1 aliphatic heterocycles. The summed E-state index contributed by atoms with van der Waals surface area (Å²) in [4.78, 5) is 13.6. The molecule has 17 heavy (non-hydrogen) atoms. The van der Waals surface area contributed by atoms with Crippen molar-refractivity contribution in [1.29, 1.82) is 5.26 Å². The highest BCUT2D eigenvalue weighted by molar-refractivity contribution is 5.76. The van der Waals surface area contributed by atoms with Gasteiger partial charge < -0.3 is 20.1 Å². The molecule has 0 aromatic rings. The summed E-state index contributed by atoms with van der Waals surface area (Å²) in [5.41, 5.74) is 5.52. The number of hydrogen-bond acceptors (Lipinski definition) is 5. The van der Waals surface area contributed by atoms with Gasteiger partial charge >= 0.3 is 0 Å². The Kier molecular flexibility index (Phi) is 5.91. The molecule has 1 aliphatic rings. The Morgan fingerprint density at radius 3 is 3.12 bits per heavy atom. The fourth-order valence-corrected chi connectivity index (χ4v) is 1.72. The lowest BCUT2D eigenvalue weighted by molar-refractivity contribution is -0.139. The Morgan fingerprint density at radius 2 is 2.53 bits per heavy atom. The number of rotatable bonds is 5. The number of nitrogens with zero attached hydrogens (tertiary/aromatic N) is 2. The molecule has 1 fully saturated rings. The number of carbonyl (C=O) groups is 1. The summed E-state index contributed by atoms with van der Waals surface area (Å²) in [6.07, 6.45) is -0.491. The van der Waals surface area contributed by atoms with Crippen molar-refractivity contribution in [2.24, 2.45) is 5.73 Å². The molecule has 96 valence electrons. The molecule has 2 atom stereocenters. The first kappa shape index (κ1) is 13.9. The van der Waals surface area contributed by atoms with Crippen molar-refractivity contribution in [3.63, 3.8) is 0 Å². The van der Waals surface area contributed by atoms with Crippen LogP contribution in [0.4, 0.5) is 0 Å². The Hall–Kier alpha value is -1.16. The molecule has 0 spiro atoms. The molecule has 6 nitrogen and oxygen atoms in total. The summed E-state index contributed by atoms with van der Waals surface area (Å²) in [6, 6.07) is 2.01. The number of amides is 1. The first-order valence-electron chi connectivity index (χ1n) is 5.81. The van der Waals surface area contributed by atoms with Crippen LogP contribution < -0.4 is 5.73 Å². The van der Waals surface area contributed by atoms with E-state index in [2.05, 4.69) is 0 Å². The van der Waals surface area contributed by atoms with Crippen LogP contribution in [0.15, 0.2) is 0 Å². The molecule has 1 amide bonds. The molecule has 6 heteroatoms. The molecule has 1 saturated heterocycles. The first-order valence-corrected chi connectivity index (χ1v) is 5.81. The van der Waals surface area contributed by atoms with Crippen LogP contribution in [0.3, 0.4) is 0 Å². The van der Waals surface area contributed by atoms with Crippen LogP contribution in [0.25, 0.3) is 0 Å². The van der Waals surface area contributed by atoms with Gasteiger partial charge in [0.2, 0.25) is 5.91 Å². The van der Waals surface area contributed by atoms with Gasteiger partial charge in [0.25, 0.3) is 0 Å². The third kappa shape index (κ3) is 4.30. The molecular weight excluding hydrogens is 222 g/mol. The standard InChI is InChI=1S/C11H19N3O3/c1-2-16-9(6-12)5-11(15)14-3-4-17-10(7-13)8-14/h9-10H,2-6,8,12H2,1H3. The number of ether oxygens (including phenoxy) is 2. The van der Waals surface area contributed by atoms with Crippen molar-refractivity contribution >= 4 is 5.91 Å². The summed E-state index contributed by atoms with van der Waals surface area (Å²) < 4.78 is 10.5. The van der Waals surface area contributed by atoms with Gasteiger partial charge in [0.1, 0.15) is 0 Å². The van der Waals surface area contributed by atoms with E-state index in [1.807, 2.05) is 13.0 Å². The number of carbonyl (C=O) groups excluding carboxylic acids is 1. The topological polar surface area (TPSA) is 88.6 Å². The Bertz CT molecular complexity index is 290. The minimum absolute atomic E-state index is 0.0301. The molecular formula is C11H19N3O3. The molecule has 2 N–H and O–H groups in total. The Labute approximate surface area is 101 Å². The fraction of sp³-hybridized carbons (Fsp3) is 0.818. The van der Waals surface area contributed by atoms with E-state index in [-0.39, 0.29) is 18.4 Å². The Balaban J connectivity index is 2.43. The molecule has 0 radical (unpaired) electrons. The third-order valence-electron chi connectivity index (χ3n) is 2.63. The molecule has 1 heterocycles. The molecule has 0 bridgehead atoms. The zero-order chi connectivity index (χ0) is 12.7. The average Bonchev–Trinajstić information content (AvgIpc) is 2.38. The van der Waals surface area contributed by atoms with Gasteiger partial charge in [-0.1, -0.05) is 0 Å². The van der Waals surface area contributed by atoms with Crippen molar-refractivity contribution in [3.05, 3.63) is 0 Å². The zero-order valence-corrected chi connectivity index (χ0v) is 10.1. The molecule has 2 unspecified atom stereocenters. The number of morpholine rings is 1. The predicted octanol–water partition coefficient (Wildman–Crippen LogP) is -0.509. The SMILES string of the molecule is CCOC(CN)CC(=O)N1CCOC(C#N)C1. The lowest BCUT2D eigenvalue weighted by Gasteiger charge is -2.30. The minimum Gasteiger partial charge on any atom is -0.377 e. The van der Waals surface area contributed by atoms with Crippen molar-refractivity contribution in [2.75, 3.05) is 32.8 Å². The third-order valence-corrected chi connectivity index (χ3v) is 2.63. The van der Waals surface area contributed by atoms with Crippen molar-refractivity contribution < 1.29 is 14.3 Å². The predicted molar refractivity (Wildman–Crippen MR) is 61.0 cm³/mol. The van der Waals surface area contributed by atoms with Gasteiger partial charge in [-0.15, -0.1) is 0 Å². The second-order valence-corrected chi connectivity index (χ2v) is 3.85. The quantitative estimate of drug-likeness (QED) is 0.700. The van der Waals surface area contributed by atoms with Crippen molar-refractivity contribution in [2.45, 2.75) is 25.6 Å². The van der Waals surface area contributed by atoms with Gasteiger partial charge in [-0.05, 0) is 6.92 Å². The highest BCUT2D eigenvalue weighted by atomic mass is 16.5. The van der Waals surface area contributed by atoms with Crippen molar-refractivity contribution in [3.8, 4) is 6.07 Å². The summed E-state index contributed by atoms with van der Waals surface area (Å²) in [5.74, 6) is -0.0301. The number of hydrogen-bond donors (Lipinski definition) is 1. The van der Waals surface area contributed by atoms with Crippen molar-refractivity contribution in [1.82, 2.24) is 4.90 Å². The van der Waals surface area contributed by atoms with Crippen LogP contribution in [0.2, 0.25) is 0 Å². The minimum atomic E-state index is -0.517. The smallest absolute Gasteiger partial charge is 0.225 e. The van der Waals surface area contributed by atoms with Gasteiger partial charge in [-0.25, -0.2) is 0 Å². The van der Waals surface area contributed by atoms with E-state index in [0.29, 0.717) is 32.8 Å². The lowest BCUT2D eigenvalue weighted by atomic mass is 10.2. The molecule has 0 aliphatic carbocycles. The van der Waals surface area contributed by atoms with Crippen LogP contribution in [0.1, 0.15) is 13.3 Å². The van der Waals surface area contributed by atoms with E-state index in [4.69, 9.17) is 20.5 Å². The van der Waals surface area contributed by atoms with E-state index >= 15 is 0 Å². The second-order valence-electron chi connectivity index (χ2n) is 3.85. The average molecular weight is 241 g/mol. The van der Waals surface area contributed by atoms with E-state index < -0.39 is 6.10 Å². The summed E-state index contributed by atoms with van der Waals surface area (Å²) >= 11 is 0. The molecule has 0 aromatic carbocycles. The molecule has 1 rings (SSSR count). The molecule has 0 saturated carbocycles. The largest absolute Gasteiger partial charge is 0.377 e. The maximum absolute atomic E-state index is 11.9. The van der Waals surface area contributed by atoms with Crippen LogP contribution >= 0.6 is 0 Å². The fourth-order valence-electron chi connectivity index (χ4n) is 1.72. The Morgan fingerprint density at radius 1 is 1.76 bits per heavy atom. The maximum Gasteiger partial charge on any atom is 0.225 e. The normalized spacial score (nSPS) is 21.9. The van der Waals surface area contributed by atoms with Gasteiger partial charge in [0.15, 0.2) is 6.10 Å². The van der Waals surface area contributed by atoms with E-state index in [0.717, 1.165) is 0 Å². The van der Waals surface area contributed by atoms with Crippen LogP contribution in [-0.4, -0.2) is 55.9 Å². The molecule has 0 aromatic heterocycles. The lowest BCUT2D eigenvalue weighted by Crippen LogP contribution is -2.46. The van der Waals surface area contributed by atoms with Crippen LogP contribution in [0, 0.1) is 11.3 Å². The maximum atomic E-state index is 11.9. The van der Waals surface area contributed by atoms with E-state index in [1.165, 1.54) is 0 Å². The van der Waals surface area contributed by atoms with Gasteiger partial charge in [-0.3, -0.25) is 4.79 Å².